The Morgan fingerprint density at radius 3 is 2.42 bits per heavy atom. The first-order chi connectivity index (χ1) is 9.27. The van der Waals surface area contributed by atoms with Crippen LogP contribution in [-0.2, 0) is 0 Å². The van der Waals surface area contributed by atoms with Gasteiger partial charge in [-0.2, -0.15) is 0 Å². The summed E-state index contributed by atoms with van der Waals surface area (Å²) in [7, 11) is 0. The van der Waals surface area contributed by atoms with Crippen molar-refractivity contribution in [3.63, 3.8) is 0 Å². The maximum absolute atomic E-state index is 10.2. The van der Waals surface area contributed by atoms with Gasteiger partial charge in [-0.3, -0.25) is 0 Å². The lowest BCUT2D eigenvalue weighted by atomic mass is 9.95. The van der Waals surface area contributed by atoms with Crippen LogP contribution in [-0.4, -0.2) is 17.7 Å². The molecular formula is C17H29NO. The van der Waals surface area contributed by atoms with Crippen molar-refractivity contribution >= 4 is 0 Å². The Balaban J connectivity index is 0.000000861. The van der Waals surface area contributed by atoms with Gasteiger partial charge in [0.1, 0.15) is 0 Å². The molecule has 0 aromatic heterocycles. The van der Waals surface area contributed by atoms with E-state index in [4.69, 9.17) is 0 Å². The van der Waals surface area contributed by atoms with Crippen LogP contribution in [0.25, 0.3) is 0 Å². The van der Waals surface area contributed by atoms with Crippen molar-refractivity contribution in [2.75, 3.05) is 6.54 Å². The summed E-state index contributed by atoms with van der Waals surface area (Å²) in [4.78, 5) is 0. The fourth-order valence-corrected chi connectivity index (χ4v) is 2.66. The molecule has 0 amide bonds. The molecule has 1 aromatic rings. The van der Waals surface area contributed by atoms with E-state index in [0.717, 1.165) is 5.56 Å². The van der Waals surface area contributed by atoms with E-state index < -0.39 is 0 Å². The molecule has 1 fully saturated rings. The first-order valence-corrected chi connectivity index (χ1v) is 7.74. The molecule has 0 aliphatic heterocycles. The predicted molar refractivity (Wildman–Crippen MR) is 82.4 cm³/mol. The van der Waals surface area contributed by atoms with Crippen molar-refractivity contribution in [3.05, 3.63) is 35.4 Å². The topological polar surface area (TPSA) is 32.3 Å². The summed E-state index contributed by atoms with van der Waals surface area (Å²) < 4.78 is 0. The minimum absolute atomic E-state index is 0.377. The molecule has 2 nitrogen and oxygen atoms in total. The molecule has 0 radical (unpaired) electrons. The number of benzene rings is 1. The van der Waals surface area contributed by atoms with Crippen molar-refractivity contribution in [3.8, 4) is 0 Å². The summed E-state index contributed by atoms with van der Waals surface area (Å²) in [5.41, 5.74) is 2.22. The Labute approximate surface area is 118 Å². The van der Waals surface area contributed by atoms with Crippen LogP contribution in [0.3, 0.4) is 0 Å². The van der Waals surface area contributed by atoms with Crippen molar-refractivity contribution in [2.45, 2.75) is 65.0 Å². The van der Waals surface area contributed by atoms with Crippen LogP contribution >= 0.6 is 0 Å². The molecular weight excluding hydrogens is 234 g/mol. The zero-order valence-corrected chi connectivity index (χ0v) is 12.7. The van der Waals surface area contributed by atoms with E-state index in [1.807, 2.05) is 32.0 Å². The molecule has 0 bridgehead atoms. The molecule has 0 heterocycles. The third-order valence-electron chi connectivity index (χ3n) is 3.75. The van der Waals surface area contributed by atoms with Crippen LogP contribution < -0.4 is 5.32 Å². The van der Waals surface area contributed by atoms with Gasteiger partial charge >= 0.3 is 0 Å². The quantitative estimate of drug-likeness (QED) is 0.861. The van der Waals surface area contributed by atoms with E-state index >= 15 is 0 Å². The third-order valence-corrected chi connectivity index (χ3v) is 3.75. The Hall–Kier alpha value is -0.860. The van der Waals surface area contributed by atoms with E-state index in [-0.39, 0.29) is 6.10 Å². The maximum Gasteiger partial charge on any atom is 0.0917 e. The molecule has 2 rings (SSSR count). The summed E-state index contributed by atoms with van der Waals surface area (Å²) in [6.07, 6.45) is 6.19. The summed E-state index contributed by atoms with van der Waals surface area (Å²) >= 11 is 0. The summed E-state index contributed by atoms with van der Waals surface area (Å²) in [6, 6.07) is 8.69. The number of rotatable bonds is 4. The Morgan fingerprint density at radius 1 is 1.16 bits per heavy atom. The predicted octanol–water partition coefficient (Wildman–Crippen LogP) is 3.98. The van der Waals surface area contributed by atoms with Gasteiger partial charge in [-0.15, -0.1) is 0 Å². The van der Waals surface area contributed by atoms with Crippen LogP contribution in [0.15, 0.2) is 24.3 Å². The molecule has 1 atom stereocenters. The van der Waals surface area contributed by atoms with Gasteiger partial charge in [0, 0.05) is 12.6 Å². The van der Waals surface area contributed by atoms with E-state index in [0.29, 0.717) is 12.6 Å². The maximum atomic E-state index is 10.2. The lowest BCUT2D eigenvalue weighted by Crippen LogP contribution is -2.34. The number of aryl methyl sites for hydroxylation is 1. The average Bonchev–Trinajstić information content (AvgIpc) is 2.48. The standard InChI is InChI=1S/C15H23NO.C2H6/c1-12-7-5-6-10-14(12)15(17)11-16-13-8-3-2-4-9-13;1-2/h5-7,10,13,15-17H,2-4,8-9,11H2,1H3;1-2H3. The third kappa shape index (κ3) is 5.33. The van der Waals surface area contributed by atoms with Crippen molar-refractivity contribution in [1.82, 2.24) is 5.32 Å². The van der Waals surface area contributed by atoms with Crippen LogP contribution in [0, 0.1) is 6.92 Å². The fourth-order valence-electron chi connectivity index (χ4n) is 2.66. The molecule has 1 aromatic carbocycles. The second-order valence-corrected chi connectivity index (χ2v) is 5.12. The lowest BCUT2D eigenvalue weighted by Gasteiger charge is -2.24. The summed E-state index contributed by atoms with van der Waals surface area (Å²) in [5, 5.41) is 13.7. The highest BCUT2D eigenvalue weighted by Gasteiger charge is 2.15. The highest BCUT2D eigenvalue weighted by atomic mass is 16.3. The van der Waals surface area contributed by atoms with Crippen molar-refractivity contribution in [1.29, 1.82) is 0 Å². The largest absolute Gasteiger partial charge is 0.387 e. The van der Waals surface area contributed by atoms with Gasteiger partial charge in [-0.05, 0) is 30.9 Å². The van der Waals surface area contributed by atoms with E-state index in [2.05, 4.69) is 18.3 Å². The molecule has 0 spiro atoms. The van der Waals surface area contributed by atoms with Crippen LogP contribution in [0.1, 0.15) is 63.2 Å². The van der Waals surface area contributed by atoms with Crippen LogP contribution in [0.2, 0.25) is 0 Å². The SMILES string of the molecule is CC.Cc1ccccc1C(O)CNC1CCCCC1. The molecule has 1 saturated carbocycles. The van der Waals surface area contributed by atoms with Crippen molar-refractivity contribution < 1.29 is 5.11 Å². The fraction of sp³-hybridized carbons (Fsp3) is 0.647. The normalized spacial score (nSPS) is 17.5. The second-order valence-electron chi connectivity index (χ2n) is 5.12. The number of nitrogens with one attached hydrogen (secondary N) is 1. The van der Waals surface area contributed by atoms with Gasteiger partial charge in [0.2, 0.25) is 0 Å². The van der Waals surface area contributed by atoms with Gasteiger partial charge in [0.15, 0.2) is 0 Å². The van der Waals surface area contributed by atoms with Crippen LogP contribution in [0.5, 0.6) is 0 Å². The van der Waals surface area contributed by atoms with E-state index in [9.17, 15) is 5.11 Å². The van der Waals surface area contributed by atoms with E-state index in [1.54, 1.807) is 0 Å². The minimum atomic E-state index is -0.377. The molecule has 1 aliphatic rings. The van der Waals surface area contributed by atoms with Gasteiger partial charge in [-0.25, -0.2) is 0 Å². The smallest absolute Gasteiger partial charge is 0.0917 e. The number of hydrogen-bond donors (Lipinski definition) is 2. The molecule has 2 heteroatoms. The molecule has 1 unspecified atom stereocenters. The Bertz CT molecular complexity index is 345. The van der Waals surface area contributed by atoms with Gasteiger partial charge in [0.05, 0.1) is 6.10 Å². The Kier molecular flexibility index (Phi) is 7.76. The average molecular weight is 263 g/mol. The lowest BCUT2D eigenvalue weighted by molar-refractivity contribution is 0.165. The monoisotopic (exact) mass is 263 g/mol. The zero-order chi connectivity index (χ0) is 14.1. The number of aliphatic hydroxyl groups excluding tert-OH is 1. The summed E-state index contributed by atoms with van der Waals surface area (Å²) in [5.74, 6) is 0. The summed E-state index contributed by atoms with van der Waals surface area (Å²) in [6.45, 7) is 6.73. The second kappa shape index (κ2) is 9.11. The zero-order valence-electron chi connectivity index (χ0n) is 12.7. The van der Waals surface area contributed by atoms with Gasteiger partial charge in [-0.1, -0.05) is 57.4 Å². The first kappa shape index (κ1) is 16.2. The van der Waals surface area contributed by atoms with Crippen molar-refractivity contribution in [2.24, 2.45) is 0 Å². The van der Waals surface area contributed by atoms with Gasteiger partial charge in [0.25, 0.3) is 0 Å². The van der Waals surface area contributed by atoms with Gasteiger partial charge < -0.3 is 10.4 Å². The van der Waals surface area contributed by atoms with Crippen LogP contribution in [0.4, 0.5) is 0 Å². The first-order valence-electron chi connectivity index (χ1n) is 7.74. The highest BCUT2D eigenvalue weighted by molar-refractivity contribution is 5.27. The minimum Gasteiger partial charge on any atom is -0.387 e. The molecule has 0 saturated heterocycles. The Morgan fingerprint density at radius 2 is 1.79 bits per heavy atom. The molecule has 19 heavy (non-hydrogen) atoms. The molecule has 1 aliphatic carbocycles. The molecule has 2 N–H and O–H groups in total. The van der Waals surface area contributed by atoms with E-state index in [1.165, 1.54) is 37.7 Å². The molecule has 108 valence electrons. The highest BCUT2D eigenvalue weighted by Crippen LogP contribution is 2.20. The number of hydrogen-bond acceptors (Lipinski definition) is 2. The number of aliphatic hydroxyl groups is 1.